The summed E-state index contributed by atoms with van der Waals surface area (Å²) in [6, 6.07) is 4.02. The van der Waals surface area contributed by atoms with Gasteiger partial charge in [-0.15, -0.1) is 0 Å². The fourth-order valence-corrected chi connectivity index (χ4v) is 1.87. The van der Waals surface area contributed by atoms with Gasteiger partial charge in [0.15, 0.2) is 0 Å². The standard InChI is InChI=1S/C12H14Cl2N2O3/c1-2-9(6-17)15-11(18)12(19)16-10-4-7(13)3-8(14)5-10/h3-5,9,17H,2,6H2,1H3,(H,15,18)(H,16,19). The van der Waals surface area contributed by atoms with Crippen LogP contribution in [0.3, 0.4) is 0 Å². The van der Waals surface area contributed by atoms with Crippen molar-refractivity contribution in [1.29, 1.82) is 0 Å². The SMILES string of the molecule is CCC(CO)NC(=O)C(=O)Nc1cc(Cl)cc(Cl)c1. The summed E-state index contributed by atoms with van der Waals surface area (Å²) in [5, 5.41) is 14.4. The van der Waals surface area contributed by atoms with Gasteiger partial charge < -0.3 is 15.7 Å². The van der Waals surface area contributed by atoms with E-state index in [1.807, 2.05) is 0 Å². The molecule has 1 atom stereocenters. The molecule has 7 heteroatoms. The summed E-state index contributed by atoms with van der Waals surface area (Å²) in [6.07, 6.45) is 0.526. The van der Waals surface area contributed by atoms with Crippen LogP contribution in [0.15, 0.2) is 18.2 Å². The number of hydrogen-bond donors (Lipinski definition) is 3. The number of aliphatic hydroxyl groups is 1. The van der Waals surface area contributed by atoms with Crippen LogP contribution in [-0.2, 0) is 9.59 Å². The second kappa shape index (κ2) is 7.33. The number of anilines is 1. The second-order valence-corrected chi connectivity index (χ2v) is 4.75. The Kier molecular flexibility index (Phi) is 6.08. The van der Waals surface area contributed by atoms with Crippen LogP contribution in [0, 0.1) is 0 Å². The van der Waals surface area contributed by atoms with Gasteiger partial charge >= 0.3 is 11.8 Å². The third-order valence-electron chi connectivity index (χ3n) is 2.38. The lowest BCUT2D eigenvalue weighted by molar-refractivity contribution is -0.136. The van der Waals surface area contributed by atoms with Gasteiger partial charge in [0.25, 0.3) is 0 Å². The average molecular weight is 305 g/mol. The first kappa shape index (κ1) is 15.8. The second-order valence-electron chi connectivity index (χ2n) is 3.87. The Hall–Kier alpha value is -1.30. The number of carbonyl (C=O) groups excluding carboxylic acids is 2. The molecule has 0 spiro atoms. The van der Waals surface area contributed by atoms with E-state index in [-0.39, 0.29) is 6.61 Å². The third kappa shape index (κ3) is 5.06. The monoisotopic (exact) mass is 304 g/mol. The molecule has 0 aliphatic heterocycles. The van der Waals surface area contributed by atoms with Crippen molar-refractivity contribution >= 4 is 40.7 Å². The van der Waals surface area contributed by atoms with Crippen molar-refractivity contribution in [2.45, 2.75) is 19.4 Å². The van der Waals surface area contributed by atoms with Gasteiger partial charge in [-0.1, -0.05) is 30.1 Å². The lowest BCUT2D eigenvalue weighted by Gasteiger charge is -2.13. The molecule has 0 saturated carbocycles. The topological polar surface area (TPSA) is 78.4 Å². The molecule has 0 aliphatic carbocycles. The van der Waals surface area contributed by atoms with E-state index in [1.165, 1.54) is 18.2 Å². The van der Waals surface area contributed by atoms with Crippen LogP contribution in [-0.4, -0.2) is 29.6 Å². The summed E-state index contributed by atoms with van der Waals surface area (Å²) in [5.41, 5.74) is 0.328. The number of halogens is 2. The molecule has 1 aromatic carbocycles. The van der Waals surface area contributed by atoms with Crippen molar-refractivity contribution in [2.75, 3.05) is 11.9 Å². The lowest BCUT2D eigenvalue weighted by Crippen LogP contribution is -2.43. The van der Waals surface area contributed by atoms with Crippen molar-refractivity contribution in [2.24, 2.45) is 0 Å². The Morgan fingerprint density at radius 2 is 1.79 bits per heavy atom. The molecule has 3 N–H and O–H groups in total. The molecule has 5 nitrogen and oxygen atoms in total. The molecule has 1 aromatic rings. The first-order valence-electron chi connectivity index (χ1n) is 5.65. The molecule has 1 unspecified atom stereocenters. The summed E-state index contributed by atoms with van der Waals surface area (Å²) in [4.78, 5) is 23.2. The van der Waals surface area contributed by atoms with Crippen molar-refractivity contribution in [3.8, 4) is 0 Å². The highest BCUT2D eigenvalue weighted by Gasteiger charge is 2.17. The smallest absolute Gasteiger partial charge is 0.313 e. The van der Waals surface area contributed by atoms with E-state index < -0.39 is 17.9 Å². The molecule has 0 bridgehead atoms. The van der Waals surface area contributed by atoms with Crippen molar-refractivity contribution in [3.05, 3.63) is 28.2 Å². The van der Waals surface area contributed by atoms with Crippen LogP contribution in [0.1, 0.15) is 13.3 Å². The minimum absolute atomic E-state index is 0.224. The van der Waals surface area contributed by atoms with Gasteiger partial charge in [0.05, 0.1) is 12.6 Å². The fourth-order valence-electron chi connectivity index (χ4n) is 1.34. The van der Waals surface area contributed by atoms with E-state index in [0.717, 1.165) is 0 Å². The molecular formula is C12H14Cl2N2O3. The molecule has 19 heavy (non-hydrogen) atoms. The summed E-state index contributed by atoms with van der Waals surface area (Å²) in [7, 11) is 0. The number of carbonyl (C=O) groups is 2. The number of nitrogens with one attached hydrogen (secondary N) is 2. The van der Waals surface area contributed by atoms with E-state index in [9.17, 15) is 9.59 Å². The zero-order valence-electron chi connectivity index (χ0n) is 10.2. The van der Waals surface area contributed by atoms with E-state index in [4.69, 9.17) is 28.3 Å². The van der Waals surface area contributed by atoms with Gasteiger partial charge in [-0.05, 0) is 24.6 Å². The Morgan fingerprint density at radius 3 is 2.26 bits per heavy atom. The van der Waals surface area contributed by atoms with Gasteiger partial charge in [-0.25, -0.2) is 0 Å². The van der Waals surface area contributed by atoms with Gasteiger partial charge in [-0.2, -0.15) is 0 Å². The van der Waals surface area contributed by atoms with Crippen LogP contribution in [0.4, 0.5) is 5.69 Å². The molecule has 2 amide bonds. The van der Waals surface area contributed by atoms with Crippen molar-refractivity contribution in [1.82, 2.24) is 5.32 Å². The maximum Gasteiger partial charge on any atom is 0.313 e. The molecule has 0 aromatic heterocycles. The molecule has 1 rings (SSSR count). The van der Waals surface area contributed by atoms with Crippen LogP contribution in [0.25, 0.3) is 0 Å². The minimum atomic E-state index is -0.842. The summed E-state index contributed by atoms with van der Waals surface area (Å²) < 4.78 is 0. The highest BCUT2D eigenvalue weighted by atomic mass is 35.5. The van der Waals surface area contributed by atoms with Gasteiger partial charge in [0.1, 0.15) is 0 Å². The quantitative estimate of drug-likeness (QED) is 0.742. The van der Waals surface area contributed by atoms with Crippen LogP contribution in [0.5, 0.6) is 0 Å². The van der Waals surface area contributed by atoms with Gasteiger partial charge in [0, 0.05) is 15.7 Å². The van der Waals surface area contributed by atoms with Crippen molar-refractivity contribution < 1.29 is 14.7 Å². The molecule has 0 heterocycles. The number of aliphatic hydroxyl groups excluding tert-OH is 1. The molecule has 104 valence electrons. The van der Waals surface area contributed by atoms with Crippen LogP contribution < -0.4 is 10.6 Å². The molecule has 0 aliphatic rings. The first-order valence-corrected chi connectivity index (χ1v) is 6.40. The molecular weight excluding hydrogens is 291 g/mol. The van der Waals surface area contributed by atoms with E-state index in [0.29, 0.717) is 22.2 Å². The normalized spacial score (nSPS) is 11.8. The summed E-state index contributed by atoms with van der Waals surface area (Å²) in [5.74, 6) is -1.66. The van der Waals surface area contributed by atoms with Gasteiger partial charge in [-0.3, -0.25) is 9.59 Å². The maximum absolute atomic E-state index is 11.6. The molecule has 0 radical (unpaired) electrons. The van der Waals surface area contributed by atoms with E-state index >= 15 is 0 Å². The predicted molar refractivity (Wildman–Crippen MR) is 74.4 cm³/mol. The summed E-state index contributed by atoms with van der Waals surface area (Å²) >= 11 is 11.5. The molecule has 0 saturated heterocycles. The van der Waals surface area contributed by atoms with Crippen LogP contribution in [0.2, 0.25) is 10.0 Å². The van der Waals surface area contributed by atoms with E-state index in [2.05, 4.69) is 10.6 Å². The first-order chi connectivity index (χ1) is 8.96. The molecule has 0 fully saturated rings. The number of rotatable bonds is 4. The van der Waals surface area contributed by atoms with Crippen molar-refractivity contribution in [3.63, 3.8) is 0 Å². The fraction of sp³-hybridized carbons (Fsp3) is 0.333. The third-order valence-corrected chi connectivity index (χ3v) is 2.81. The largest absolute Gasteiger partial charge is 0.394 e. The van der Waals surface area contributed by atoms with Crippen LogP contribution >= 0.6 is 23.2 Å². The number of benzene rings is 1. The number of hydrogen-bond acceptors (Lipinski definition) is 3. The van der Waals surface area contributed by atoms with Gasteiger partial charge in [0.2, 0.25) is 0 Å². The number of amides is 2. The lowest BCUT2D eigenvalue weighted by atomic mass is 10.2. The Morgan fingerprint density at radius 1 is 1.21 bits per heavy atom. The highest BCUT2D eigenvalue weighted by molar-refractivity contribution is 6.40. The Labute approximate surface area is 120 Å². The Balaban J connectivity index is 2.66. The zero-order valence-corrected chi connectivity index (χ0v) is 11.8. The average Bonchev–Trinajstić information content (AvgIpc) is 2.34. The zero-order chi connectivity index (χ0) is 14.4. The minimum Gasteiger partial charge on any atom is -0.394 e. The summed E-state index contributed by atoms with van der Waals surface area (Å²) in [6.45, 7) is 1.56. The Bertz CT molecular complexity index is 456. The van der Waals surface area contributed by atoms with E-state index in [1.54, 1.807) is 6.92 Å². The predicted octanol–water partition coefficient (Wildman–Crippen LogP) is 1.82. The maximum atomic E-state index is 11.6. The highest BCUT2D eigenvalue weighted by Crippen LogP contribution is 2.22.